The molecule has 0 aliphatic carbocycles. The third kappa shape index (κ3) is 2.92. The van der Waals surface area contributed by atoms with Crippen LogP contribution >= 0.6 is 11.3 Å². The van der Waals surface area contributed by atoms with E-state index in [0.717, 1.165) is 16.9 Å². The molecule has 3 rings (SSSR count). The van der Waals surface area contributed by atoms with Gasteiger partial charge in [0.1, 0.15) is 0 Å². The molecule has 22 heavy (non-hydrogen) atoms. The lowest BCUT2D eigenvalue weighted by atomic mass is 10.2. The van der Waals surface area contributed by atoms with Crippen molar-refractivity contribution in [2.75, 3.05) is 4.90 Å². The molecular formula is C18H16N2OS. The van der Waals surface area contributed by atoms with Gasteiger partial charge >= 0.3 is 0 Å². The van der Waals surface area contributed by atoms with E-state index in [9.17, 15) is 4.79 Å². The summed E-state index contributed by atoms with van der Waals surface area (Å²) in [6, 6.07) is 19.6. The number of carbonyl (C=O) groups excluding carboxylic acids is 1. The summed E-state index contributed by atoms with van der Waals surface area (Å²) in [6.45, 7) is 1.87. The Labute approximate surface area is 133 Å². The standard InChI is InChI=1S/C18H16N2OS/c1-2-17(21)20(15-11-7-4-8-12-15)18-19-16(13-22-18)14-9-5-3-6-10-14/h3-13H,2H2,1H3. The monoisotopic (exact) mass is 308 g/mol. The molecule has 1 aromatic heterocycles. The molecule has 1 heterocycles. The summed E-state index contributed by atoms with van der Waals surface area (Å²) in [7, 11) is 0. The van der Waals surface area contributed by atoms with Crippen molar-refractivity contribution < 1.29 is 4.79 Å². The number of hydrogen-bond donors (Lipinski definition) is 0. The maximum atomic E-state index is 12.4. The molecule has 0 aliphatic heterocycles. The number of anilines is 2. The van der Waals surface area contributed by atoms with E-state index in [0.29, 0.717) is 11.6 Å². The van der Waals surface area contributed by atoms with Crippen LogP contribution in [0.25, 0.3) is 11.3 Å². The minimum Gasteiger partial charge on any atom is -0.274 e. The number of carbonyl (C=O) groups is 1. The first-order valence-electron chi connectivity index (χ1n) is 7.18. The molecule has 0 saturated heterocycles. The van der Waals surface area contributed by atoms with Gasteiger partial charge in [-0.1, -0.05) is 55.5 Å². The van der Waals surface area contributed by atoms with Crippen molar-refractivity contribution in [2.24, 2.45) is 0 Å². The quantitative estimate of drug-likeness (QED) is 0.688. The highest BCUT2D eigenvalue weighted by atomic mass is 32.1. The zero-order valence-corrected chi connectivity index (χ0v) is 13.1. The van der Waals surface area contributed by atoms with E-state index in [1.807, 2.05) is 73.0 Å². The molecule has 0 unspecified atom stereocenters. The molecule has 0 atom stereocenters. The summed E-state index contributed by atoms with van der Waals surface area (Å²) >= 11 is 1.49. The molecule has 110 valence electrons. The Morgan fingerprint density at radius 2 is 1.68 bits per heavy atom. The summed E-state index contributed by atoms with van der Waals surface area (Å²) in [5, 5.41) is 2.70. The minimum atomic E-state index is 0.0418. The van der Waals surface area contributed by atoms with Gasteiger partial charge in [0.2, 0.25) is 5.91 Å². The average molecular weight is 308 g/mol. The third-order valence-electron chi connectivity index (χ3n) is 3.32. The molecule has 2 aromatic carbocycles. The van der Waals surface area contributed by atoms with Crippen molar-refractivity contribution in [1.29, 1.82) is 0 Å². The van der Waals surface area contributed by atoms with Crippen LogP contribution in [0.1, 0.15) is 13.3 Å². The maximum Gasteiger partial charge on any atom is 0.233 e. The Hall–Kier alpha value is -2.46. The number of benzene rings is 2. The van der Waals surface area contributed by atoms with Crippen molar-refractivity contribution >= 4 is 28.1 Å². The van der Waals surface area contributed by atoms with Crippen molar-refractivity contribution in [1.82, 2.24) is 4.98 Å². The number of amides is 1. The number of aromatic nitrogens is 1. The van der Waals surface area contributed by atoms with E-state index in [2.05, 4.69) is 4.98 Å². The number of hydrogen-bond acceptors (Lipinski definition) is 3. The topological polar surface area (TPSA) is 33.2 Å². The van der Waals surface area contributed by atoms with E-state index in [1.54, 1.807) is 4.90 Å². The van der Waals surface area contributed by atoms with Crippen LogP contribution < -0.4 is 4.90 Å². The Morgan fingerprint density at radius 3 is 2.32 bits per heavy atom. The number of nitrogens with zero attached hydrogens (tertiary/aromatic N) is 2. The zero-order chi connectivity index (χ0) is 15.4. The predicted octanol–water partition coefficient (Wildman–Crippen LogP) is 4.88. The first-order chi connectivity index (χ1) is 10.8. The lowest BCUT2D eigenvalue weighted by Gasteiger charge is -2.19. The molecule has 0 saturated carbocycles. The van der Waals surface area contributed by atoms with Gasteiger partial charge in [0, 0.05) is 17.4 Å². The molecule has 3 aromatic rings. The zero-order valence-electron chi connectivity index (χ0n) is 12.3. The van der Waals surface area contributed by atoms with Crippen molar-refractivity contribution in [3.05, 3.63) is 66.0 Å². The number of thiazole rings is 1. The van der Waals surface area contributed by atoms with E-state index >= 15 is 0 Å². The van der Waals surface area contributed by atoms with Crippen molar-refractivity contribution in [3.63, 3.8) is 0 Å². The Morgan fingerprint density at radius 1 is 1.05 bits per heavy atom. The molecule has 1 amide bonds. The smallest absolute Gasteiger partial charge is 0.233 e. The van der Waals surface area contributed by atoms with Crippen LogP contribution in [0, 0.1) is 0 Å². The SMILES string of the molecule is CCC(=O)N(c1ccccc1)c1nc(-c2ccccc2)cs1. The van der Waals surface area contributed by atoms with Crippen LogP contribution in [0.2, 0.25) is 0 Å². The molecular weight excluding hydrogens is 292 g/mol. The van der Waals surface area contributed by atoms with Gasteiger partial charge in [-0.3, -0.25) is 9.69 Å². The Kier molecular flexibility index (Phi) is 4.30. The molecule has 3 nitrogen and oxygen atoms in total. The molecule has 0 N–H and O–H groups in total. The van der Waals surface area contributed by atoms with Gasteiger partial charge in [-0.25, -0.2) is 4.98 Å². The second-order valence-electron chi connectivity index (χ2n) is 4.80. The lowest BCUT2D eigenvalue weighted by molar-refractivity contribution is -0.117. The molecule has 0 radical (unpaired) electrons. The fraction of sp³-hybridized carbons (Fsp3) is 0.111. The molecule has 0 aliphatic rings. The van der Waals surface area contributed by atoms with Crippen LogP contribution in [-0.4, -0.2) is 10.9 Å². The van der Waals surface area contributed by atoms with Crippen LogP contribution in [0.15, 0.2) is 66.0 Å². The second-order valence-corrected chi connectivity index (χ2v) is 5.64. The summed E-state index contributed by atoms with van der Waals surface area (Å²) in [5.41, 5.74) is 2.80. The van der Waals surface area contributed by atoms with Crippen LogP contribution in [0.5, 0.6) is 0 Å². The van der Waals surface area contributed by atoms with E-state index in [4.69, 9.17) is 0 Å². The second kappa shape index (κ2) is 6.54. The minimum absolute atomic E-state index is 0.0418. The highest BCUT2D eigenvalue weighted by molar-refractivity contribution is 7.14. The molecule has 0 spiro atoms. The van der Waals surface area contributed by atoms with Gasteiger partial charge < -0.3 is 0 Å². The van der Waals surface area contributed by atoms with Gasteiger partial charge in [-0.05, 0) is 12.1 Å². The first-order valence-corrected chi connectivity index (χ1v) is 8.06. The van der Waals surface area contributed by atoms with Crippen LogP contribution in [0.4, 0.5) is 10.8 Å². The van der Waals surface area contributed by atoms with Crippen molar-refractivity contribution in [2.45, 2.75) is 13.3 Å². The molecule has 0 fully saturated rings. The fourth-order valence-electron chi connectivity index (χ4n) is 2.20. The van der Waals surface area contributed by atoms with Crippen LogP contribution in [0.3, 0.4) is 0 Å². The molecule has 0 bridgehead atoms. The van der Waals surface area contributed by atoms with Gasteiger partial charge in [0.15, 0.2) is 5.13 Å². The summed E-state index contributed by atoms with van der Waals surface area (Å²) in [5.74, 6) is 0.0418. The predicted molar refractivity (Wildman–Crippen MR) is 91.4 cm³/mol. The number of para-hydroxylation sites is 1. The highest BCUT2D eigenvalue weighted by Gasteiger charge is 2.19. The normalized spacial score (nSPS) is 10.4. The fourth-order valence-corrected chi connectivity index (χ4v) is 3.07. The van der Waals surface area contributed by atoms with E-state index in [1.165, 1.54) is 11.3 Å². The largest absolute Gasteiger partial charge is 0.274 e. The molecule has 4 heteroatoms. The van der Waals surface area contributed by atoms with E-state index in [-0.39, 0.29) is 5.91 Å². The maximum absolute atomic E-state index is 12.4. The Bertz CT molecular complexity index is 753. The number of rotatable bonds is 4. The lowest BCUT2D eigenvalue weighted by Crippen LogP contribution is -2.24. The first kappa shape index (κ1) is 14.5. The summed E-state index contributed by atoms with van der Waals surface area (Å²) in [6.07, 6.45) is 0.440. The van der Waals surface area contributed by atoms with Gasteiger partial charge in [0.25, 0.3) is 0 Å². The third-order valence-corrected chi connectivity index (χ3v) is 4.14. The van der Waals surface area contributed by atoms with Crippen LogP contribution in [-0.2, 0) is 4.79 Å². The summed E-state index contributed by atoms with van der Waals surface area (Å²) in [4.78, 5) is 18.7. The van der Waals surface area contributed by atoms with Crippen molar-refractivity contribution in [3.8, 4) is 11.3 Å². The van der Waals surface area contributed by atoms with E-state index < -0.39 is 0 Å². The highest BCUT2D eigenvalue weighted by Crippen LogP contribution is 2.32. The Balaban J connectivity index is 1.99. The average Bonchev–Trinajstić information content (AvgIpc) is 3.06. The van der Waals surface area contributed by atoms with Gasteiger partial charge in [-0.2, -0.15) is 0 Å². The van der Waals surface area contributed by atoms with Gasteiger partial charge in [0.05, 0.1) is 11.4 Å². The van der Waals surface area contributed by atoms with Gasteiger partial charge in [-0.15, -0.1) is 11.3 Å². The summed E-state index contributed by atoms with van der Waals surface area (Å²) < 4.78 is 0.